The van der Waals surface area contributed by atoms with Crippen molar-refractivity contribution in [2.24, 2.45) is 7.05 Å². The second-order valence-electron chi connectivity index (χ2n) is 6.22. The summed E-state index contributed by atoms with van der Waals surface area (Å²) >= 11 is 0. The number of rotatable bonds is 10. The molecule has 0 unspecified atom stereocenters. The van der Waals surface area contributed by atoms with Gasteiger partial charge in [-0.25, -0.2) is 4.79 Å². The lowest BCUT2D eigenvalue weighted by Crippen LogP contribution is -2.34. The highest BCUT2D eigenvalue weighted by Crippen LogP contribution is 2.08. The van der Waals surface area contributed by atoms with Crippen molar-refractivity contribution in [3.63, 3.8) is 0 Å². The molecular weight excluding hydrogens is 334 g/mol. The number of aliphatic hydroxyl groups is 1. The third-order valence-corrected chi connectivity index (χ3v) is 4.23. The lowest BCUT2D eigenvalue weighted by Gasteiger charge is -2.22. The molecule has 26 heavy (non-hydrogen) atoms. The van der Waals surface area contributed by atoms with Crippen LogP contribution in [0.1, 0.15) is 12.0 Å². The van der Waals surface area contributed by atoms with E-state index in [2.05, 4.69) is 15.2 Å². The van der Waals surface area contributed by atoms with Gasteiger partial charge < -0.3 is 16.2 Å². The maximum atomic E-state index is 11.6. The standard InChI is InChI=1S/C18H27N5O3/c1-22-16(13-17(25)21-18(22)26)20-8-10-23(11-12-24)9-2-3-14-4-6-15(19)7-5-14/h4-7,13,20,24H,2-3,8-12,19H2,1H3,(H,21,25,26). The lowest BCUT2D eigenvalue weighted by molar-refractivity contribution is 0.199. The lowest BCUT2D eigenvalue weighted by atomic mass is 10.1. The van der Waals surface area contributed by atoms with Gasteiger partial charge >= 0.3 is 5.69 Å². The predicted octanol–water partition coefficient (Wildman–Crippen LogP) is -0.00520. The number of aromatic amines is 1. The maximum Gasteiger partial charge on any atom is 0.329 e. The van der Waals surface area contributed by atoms with Crippen molar-refractivity contribution in [3.8, 4) is 0 Å². The molecule has 1 aromatic carbocycles. The number of aryl methyl sites for hydroxylation is 1. The van der Waals surface area contributed by atoms with Crippen molar-refractivity contribution in [2.45, 2.75) is 12.8 Å². The maximum absolute atomic E-state index is 11.6. The number of benzene rings is 1. The third-order valence-electron chi connectivity index (χ3n) is 4.23. The summed E-state index contributed by atoms with van der Waals surface area (Å²) in [5, 5.41) is 12.4. The highest BCUT2D eigenvalue weighted by Gasteiger charge is 2.06. The summed E-state index contributed by atoms with van der Waals surface area (Å²) in [5.74, 6) is 0.476. The molecule has 8 nitrogen and oxygen atoms in total. The van der Waals surface area contributed by atoms with Crippen molar-refractivity contribution < 1.29 is 5.11 Å². The van der Waals surface area contributed by atoms with Crippen LogP contribution in [-0.2, 0) is 13.5 Å². The molecule has 5 N–H and O–H groups in total. The SMILES string of the molecule is Cn1c(NCCN(CCO)CCCc2ccc(N)cc2)cc(=O)[nH]c1=O. The molecule has 0 amide bonds. The molecule has 1 heterocycles. The molecule has 0 atom stereocenters. The number of nitrogens with two attached hydrogens (primary N) is 1. The molecule has 0 aliphatic heterocycles. The van der Waals surface area contributed by atoms with Crippen molar-refractivity contribution in [1.82, 2.24) is 14.5 Å². The number of aromatic nitrogens is 2. The topological polar surface area (TPSA) is 116 Å². The Hall–Kier alpha value is -2.58. The summed E-state index contributed by atoms with van der Waals surface area (Å²) in [6.07, 6.45) is 1.91. The fraction of sp³-hybridized carbons (Fsp3) is 0.444. The molecule has 142 valence electrons. The van der Waals surface area contributed by atoms with Crippen LogP contribution in [0.5, 0.6) is 0 Å². The van der Waals surface area contributed by atoms with Crippen LogP contribution >= 0.6 is 0 Å². The van der Waals surface area contributed by atoms with E-state index in [0.29, 0.717) is 25.5 Å². The molecule has 0 aliphatic rings. The van der Waals surface area contributed by atoms with Gasteiger partial charge in [-0.05, 0) is 37.1 Å². The minimum Gasteiger partial charge on any atom is -0.399 e. The van der Waals surface area contributed by atoms with Crippen molar-refractivity contribution >= 4 is 11.5 Å². The number of hydrogen-bond donors (Lipinski definition) is 4. The zero-order chi connectivity index (χ0) is 18.9. The smallest absolute Gasteiger partial charge is 0.329 e. The number of nitrogen functional groups attached to an aromatic ring is 1. The molecule has 0 bridgehead atoms. The van der Waals surface area contributed by atoms with Gasteiger partial charge in [-0.1, -0.05) is 12.1 Å². The number of H-pyrrole nitrogens is 1. The average molecular weight is 361 g/mol. The predicted molar refractivity (Wildman–Crippen MR) is 103 cm³/mol. The number of aliphatic hydroxyl groups excluding tert-OH is 1. The first-order valence-electron chi connectivity index (χ1n) is 8.71. The summed E-state index contributed by atoms with van der Waals surface area (Å²) in [6.45, 7) is 2.78. The molecule has 0 aliphatic carbocycles. The molecule has 0 saturated carbocycles. The van der Waals surface area contributed by atoms with Crippen LogP contribution in [-0.4, -0.2) is 52.3 Å². The van der Waals surface area contributed by atoms with E-state index in [1.54, 1.807) is 7.05 Å². The van der Waals surface area contributed by atoms with Crippen LogP contribution in [0.15, 0.2) is 39.9 Å². The van der Waals surface area contributed by atoms with E-state index in [9.17, 15) is 14.7 Å². The first-order chi connectivity index (χ1) is 12.5. The Bertz CT molecular complexity index is 798. The Morgan fingerprint density at radius 1 is 1.19 bits per heavy atom. The summed E-state index contributed by atoms with van der Waals surface area (Å²) < 4.78 is 1.36. The van der Waals surface area contributed by atoms with E-state index in [4.69, 9.17) is 5.73 Å². The zero-order valence-corrected chi connectivity index (χ0v) is 15.1. The molecule has 2 aromatic rings. The molecule has 0 saturated heterocycles. The van der Waals surface area contributed by atoms with Crippen molar-refractivity contribution in [3.05, 3.63) is 56.7 Å². The number of nitrogens with one attached hydrogen (secondary N) is 2. The average Bonchev–Trinajstić information content (AvgIpc) is 2.60. The highest BCUT2D eigenvalue weighted by molar-refractivity contribution is 5.39. The highest BCUT2D eigenvalue weighted by atomic mass is 16.3. The molecule has 1 aromatic heterocycles. The number of hydrogen-bond acceptors (Lipinski definition) is 6. The summed E-state index contributed by atoms with van der Waals surface area (Å²) in [6, 6.07) is 9.22. The van der Waals surface area contributed by atoms with Gasteiger partial charge in [0.2, 0.25) is 0 Å². The number of anilines is 2. The van der Waals surface area contributed by atoms with Crippen LogP contribution < -0.4 is 22.3 Å². The van der Waals surface area contributed by atoms with Gasteiger partial charge in [-0.3, -0.25) is 19.2 Å². The Morgan fingerprint density at radius 3 is 2.62 bits per heavy atom. The Kier molecular flexibility index (Phi) is 7.43. The summed E-state index contributed by atoms with van der Waals surface area (Å²) in [5.41, 5.74) is 6.81. The van der Waals surface area contributed by atoms with Crippen LogP contribution in [0.3, 0.4) is 0 Å². The minimum atomic E-state index is -0.448. The van der Waals surface area contributed by atoms with E-state index >= 15 is 0 Å². The first-order valence-corrected chi connectivity index (χ1v) is 8.71. The van der Waals surface area contributed by atoms with E-state index in [0.717, 1.165) is 25.1 Å². The van der Waals surface area contributed by atoms with Crippen LogP contribution in [0.4, 0.5) is 11.5 Å². The summed E-state index contributed by atoms with van der Waals surface area (Å²) in [4.78, 5) is 27.3. The van der Waals surface area contributed by atoms with Crippen molar-refractivity contribution in [2.75, 3.05) is 43.8 Å². The van der Waals surface area contributed by atoms with Crippen LogP contribution in [0, 0.1) is 0 Å². The second-order valence-corrected chi connectivity index (χ2v) is 6.22. The molecule has 0 radical (unpaired) electrons. The molecular formula is C18H27N5O3. The largest absolute Gasteiger partial charge is 0.399 e. The zero-order valence-electron chi connectivity index (χ0n) is 15.1. The molecule has 2 rings (SSSR count). The van der Waals surface area contributed by atoms with Gasteiger partial charge in [0.1, 0.15) is 5.82 Å². The normalized spacial score (nSPS) is 11.0. The molecule has 0 fully saturated rings. The minimum absolute atomic E-state index is 0.0887. The van der Waals surface area contributed by atoms with E-state index in [1.807, 2.05) is 24.3 Å². The molecule has 0 spiro atoms. The molecule has 8 heteroatoms. The summed E-state index contributed by atoms with van der Waals surface area (Å²) in [7, 11) is 1.60. The fourth-order valence-electron chi connectivity index (χ4n) is 2.74. The van der Waals surface area contributed by atoms with Crippen molar-refractivity contribution in [1.29, 1.82) is 0 Å². The van der Waals surface area contributed by atoms with E-state index in [-0.39, 0.29) is 6.61 Å². The number of nitrogens with zero attached hydrogens (tertiary/aromatic N) is 2. The quantitative estimate of drug-likeness (QED) is 0.443. The van der Waals surface area contributed by atoms with E-state index < -0.39 is 11.2 Å². The van der Waals surface area contributed by atoms with Gasteiger partial charge in [0.15, 0.2) is 0 Å². The van der Waals surface area contributed by atoms with E-state index in [1.165, 1.54) is 16.2 Å². The third kappa shape index (κ3) is 6.05. The second kappa shape index (κ2) is 9.79. The van der Waals surface area contributed by atoms with Crippen LogP contribution in [0.2, 0.25) is 0 Å². The van der Waals surface area contributed by atoms with Gasteiger partial charge in [0.05, 0.1) is 6.61 Å². The van der Waals surface area contributed by atoms with Gasteiger partial charge in [0, 0.05) is 38.4 Å². The first kappa shape index (κ1) is 19.7. The van der Waals surface area contributed by atoms with Gasteiger partial charge in [-0.15, -0.1) is 0 Å². The fourth-order valence-corrected chi connectivity index (χ4v) is 2.74. The Balaban J connectivity index is 1.81. The monoisotopic (exact) mass is 361 g/mol. The van der Waals surface area contributed by atoms with Gasteiger partial charge in [0.25, 0.3) is 5.56 Å². The Morgan fingerprint density at radius 2 is 1.92 bits per heavy atom. The Labute approximate surface area is 152 Å². The van der Waals surface area contributed by atoms with Crippen LogP contribution in [0.25, 0.3) is 0 Å². The van der Waals surface area contributed by atoms with Gasteiger partial charge in [-0.2, -0.15) is 0 Å².